The molecule has 0 spiro atoms. The van der Waals surface area contributed by atoms with Crippen LogP contribution in [0.2, 0.25) is 0 Å². The summed E-state index contributed by atoms with van der Waals surface area (Å²) in [6.07, 6.45) is 1.71. The van der Waals surface area contributed by atoms with Gasteiger partial charge in [-0.25, -0.2) is 9.78 Å². The molecule has 0 aliphatic heterocycles. The first-order valence-electron chi connectivity index (χ1n) is 6.32. The molecule has 0 saturated carbocycles. The van der Waals surface area contributed by atoms with Crippen molar-refractivity contribution in [1.29, 1.82) is 0 Å². The lowest BCUT2D eigenvalue weighted by Crippen LogP contribution is -2.12. The predicted octanol–water partition coefficient (Wildman–Crippen LogP) is 2.90. The number of carbonyl (C=O) groups excluding carboxylic acids is 1. The number of rotatable bonds is 6. The van der Waals surface area contributed by atoms with Gasteiger partial charge in [0, 0.05) is 17.1 Å². The molecule has 1 amide bonds. The molecule has 6 heteroatoms. The summed E-state index contributed by atoms with van der Waals surface area (Å²) < 4.78 is 0. The van der Waals surface area contributed by atoms with Crippen molar-refractivity contribution in [3.63, 3.8) is 0 Å². The molecule has 0 aliphatic carbocycles. The average molecular weight is 302 g/mol. The van der Waals surface area contributed by atoms with Gasteiger partial charge in [-0.3, -0.25) is 4.79 Å². The molecule has 1 aromatic heterocycles. The lowest BCUT2D eigenvalue weighted by molar-refractivity contribution is -0.115. The van der Waals surface area contributed by atoms with Crippen LogP contribution in [0.5, 0.6) is 0 Å². The molecule has 2 aromatic rings. The number of anilines is 1. The third-order valence-corrected chi connectivity index (χ3v) is 3.62. The van der Waals surface area contributed by atoms with E-state index in [0.29, 0.717) is 17.9 Å². The van der Waals surface area contributed by atoms with E-state index in [2.05, 4.69) is 10.3 Å². The van der Waals surface area contributed by atoms with Gasteiger partial charge < -0.3 is 10.4 Å². The Kier molecular flexibility index (Phi) is 5.34. The first kappa shape index (κ1) is 15.1. The van der Waals surface area contributed by atoms with E-state index in [4.69, 9.17) is 5.11 Å². The number of nitrogens with one attached hydrogen (secondary N) is 1. The Labute approximate surface area is 126 Å². The Morgan fingerprint density at radius 3 is 2.52 bits per heavy atom. The Morgan fingerprint density at radius 2 is 1.90 bits per heavy atom. The largest absolute Gasteiger partial charge is 0.477 e. The second kappa shape index (κ2) is 7.44. The molecule has 0 aliphatic rings. The molecule has 1 aromatic carbocycles. The number of hydrogen-bond acceptors (Lipinski definition) is 4. The molecule has 0 bridgehead atoms. The molecular weight excluding hydrogens is 288 g/mol. The van der Waals surface area contributed by atoms with Crippen LogP contribution in [0.25, 0.3) is 0 Å². The van der Waals surface area contributed by atoms with Gasteiger partial charge in [-0.05, 0) is 24.3 Å². The van der Waals surface area contributed by atoms with Crippen LogP contribution in [0.3, 0.4) is 0 Å². The lowest BCUT2D eigenvalue weighted by Gasteiger charge is -2.05. The third kappa shape index (κ3) is 4.92. The van der Waals surface area contributed by atoms with Gasteiger partial charge in [0.1, 0.15) is 5.69 Å². The van der Waals surface area contributed by atoms with Crippen LogP contribution >= 0.6 is 11.8 Å². The molecule has 2 N–H and O–H groups in total. The summed E-state index contributed by atoms with van der Waals surface area (Å²) in [6.45, 7) is 0. The fraction of sp³-hybridized carbons (Fsp3) is 0.133. The van der Waals surface area contributed by atoms with Gasteiger partial charge >= 0.3 is 5.97 Å². The maximum atomic E-state index is 11.8. The second-order valence-electron chi connectivity index (χ2n) is 4.20. The predicted molar refractivity (Wildman–Crippen MR) is 81.6 cm³/mol. The Balaban J connectivity index is 1.78. The number of nitrogens with zero attached hydrogens (tertiary/aromatic N) is 1. The monoisotopic (exact) mass is 302 g/mol. The number of aromatic carboxylic acids is 1. The number of hydrogen-bond donors (Lipinski definition) is 2. The molecule has 2 rings (SSSR count). The maximum Gasteiger partial charge on any atom is 0.354 e. The zero-order valence-corrected chi connectivity index (χ0v) is 12.0. The fourth-order valence-electron chi connectivity index (χ4n) is 1.60. The van der Waals surface area contributed by atoms with Gasteiger partial charge in [0.2, 0.25) is 5.91 Å². The quantitative estimate of drug-likeness (QED) is 0.802. The Morgan fingerprint density at radius 1 is 1.14 bits per heavy atom. The molecule has 5 nitrogen and oxygen atoms in total. The van der Waals surface area contributed by atoms with Crippen molar-refractivity contribution in [1.82, 2.24) is 4.98 Å². The van der Waals surface area contributed by atoms with Crippen molar-refractivity contribution in [2.24, 2.45) is 0 Å². The van der Waals surface area contributed by atoms with Crippen molar-refractivity contribution >= 4 is 29.3 Å². The minimum absolute atomic E-state index is 0.0485. The van der Waals surface area contributed by atoms with Gasteiger partial charge in [0.05, 0.1) is 11.9 Å². The molecule has 0 atom stereocenters. The van der Waals surface area contributed by atoms with E-state index < -0.39 is 5.97 Å². The summed E-state index contributed by atoms with van der Waals surface area (Å²) >= 11 is 1.61. The van der Waals surface area contributed by atoms with Crippen molar-refractivity contribution in [3.05, 3.63) is 54.4 Å². The lowest BCUT2D eigenvalue weighted by atomic mass is 10.3. The average Bonchev–Trinajstić information content (AvgIpc) is 2.49. The van der Waals surface area contributed by atoms with Crippen molar-refractivity contribution in [2.75, 3.05) is 11.1 Å². The normalized spacial score (nSPS) is 10.1. The van der Waals surface area contributed by atoms with Crippen molar-refractivity contribution in [3.8, 4) is 0 Å². The minimum atomic E-state index is -1.09. The number of benzene rings is 1. The first-order chi connectivity index (χ1) is 10.1. The SMILES string of the molecule is O=C(CCSc1ccccc1)Nc1ccc(C(=O)O)nc1. The molecule has 0 unspecified atom stereocenters. The van der Waals surface area contributed by atoms with Gasteiger partial charge in [-0.2, -0.15) is 0 Å². The molecule has 108 valence electrons. The van der Waals surface area contributed by atoms with Crippen molar-refractivity contribution < 1.29 is 14.7 Å². The number of carboxylic acid groups (broad SMARTS) is 1. The summed E-state index contributed by atoms with van der Waals surface area (Å²) in [7, 11) is 0. The summed E-state index contributed by atoms with van der Waals surface area (Å²) in [5.74, 6) is -0.535. The minimum Gasteiger partial charge on any atom is -0.477 e. The van der Waals surface area contributed by atoms with Crippen LogP contribution in [-0.4, -0.2) is 27.7 Å². The van der Waals surface area contributed by atoms with Crippen LogP contribution in [0, 0.1) is 0 Å². The topological polar surface area (TPSA) is 79.3 Å². The molecule has 0 radical (unpaired) electrons. The van der Waals surface area contributed by atoms with Crippen LogP contribution in [0.4, 0.5) is 5.69 Å². The maximum absolute atomic E-state index is 11.8. The number of pyridine rings is 1. The van der Waals surface area contributed by atoms with E-state index in [-0.39, 0.29) is 11.6 Å². The zero-order chi connectivity index (χ0) is 15.1. The highest BCUT2D eigenvalue weighted by Crippen LogP contribution is 2.18. The number of amides is 1. The van der Waals surface area contributed by atoms with Crippen LogP contribution in [0.1, 0.15) is 16.9 Å². The molecule has 21 heavy (non-hydrogen) atoms. The van der Waals surface area contributed by atoms with Crippen molar-refractivity contribution in [2.45, 2.75) is 11.3 Å². The zero-order valence-electron chi connectivity index (χ0n) is 11.2. The standard InChI is InChI=1S/C15H14N2O3S/c18-14(8-9-21-12-4-2-1-3-5-12)17-11-6-7-13(15(19)20)16-10-11/h1-7,10H,8-9H2,(H,17,18)(H,19,20). The second-order valence-corrected chi connectivity index (χ2v) is 5.37. The molecule has 0 saturated heterocycles. The highest BCUT2D eigenvalue weighted by Gasteiger charge is 2.06. The number of thioether (sulfide) groups is 1. The van der Waals surface area contributed by atoms with E-state index in [9.17, 15) is 9.59 Å². The molecular formula is C15H14N2O3S. The summed E-state index contributed by atoms with van der Waals surface area (Å²) in [5.41, 5.74) is 0.447. The number of carboxylic acids is 1. The van der Waals surface area contributed by atoms with Gasteiger partial charge in [0.25, 0.3) is 0 Å². The van der Waals surface area contributed by atoms with Crippen LogP contribution in [-0.2, 0) is 4.79 Å². The Hall–Kier alpha value is -2.34. The number of aromatic nitrogens is 1. The fourth-order valence-corrected chi connectivity index (χ4v) is 2.47. The summed E-state index contributed by atoms with van der Waals surface area (Å²) in [4.78, 5) is 27.3. The summed E-state index contributed by atoms with van der Waals surface area (Å²) in [6, 6.07) is 12.7. The Bertz CT molecular complexity index is 615. The van der Waals surface area contributed by atoms with Gasteiger partial charge in [-0.15, -0.1) is 11.8 Å². The van der Waals surface area contributed by atoms with E-state index in [1.807, 2.05) is 30.3 Å². The van der Waals surface area contributed by atoms with Crippen LogP contribution < -0.4 is 5.32 Å². The number of carbonyl (C=O) groups is 2. The first-order valence-corrected chi connectivity index (χ1v) is 7.31. The smallest absolute Gasteiger partial charge is 0.354 e. The molecule has 1 heterocycles. The van der Waals surface area contributed by atoms with E-state index >= 15 is 0 Å². The van der Waals surface area contributed by atoms with E-state index in [1.165, 1.54) is 18.3 Å². The van der Waals surface area contributed by atoms with E-state index in [1.54, 1.807) is 11.8 Å². The highest BCUT2D eigenvalue weighted by atomic mass is 32.2. The summed E-state index contributed by atoms with van der Waals surface area (Å²) in [5, 5.41) is 11.4. The van der Waals surface area contributed by atoms with Crippen LogP contribution in [0.15, 0.2) is 53.6 Å². The van der Waals surface area contributed by atoms with Gasteiger partial charge in [-0.1, -0.05) is 18.2 Å². The third-order valence-electron chi connectivity index (χ3n) is 2.61. The van der Waals surface area contributed by atoms with Gasteiger partial charge in [0.15, 0.2) is 0 Å². The highest BCUT2D eigenvalue weighted by molar-refractivity contribution is 7.99. The molecule has 0 fully saturated rings. The van der Waals surface area contributed by atoms with E-state index in [0.717, 1.165) is 4.90 Å².